The minimum absolute atomic E-state index is 0.0679. The Bertz CT molecular complexity index is 606. The molecule has 0 radical (unpaired) electrons. The second kappa shape index (κ2) is 6.81. The number of methoxy groups -OCH3 is 1. The Morgan fingerprint density at radius 2 is 2.17 bits per heavy atom. The number of likely N-dealkylation sites (tertiary alicyclic amines) is 1. The van der Waals surface area contributed by atoms with Crippen LogP contribution < -0.4 is 5.32 Å². The van der Waals surface area contributed by atoms with Crippen molar-refractivity contribution in [2.24, 2.45) is 11.3 Å². The van der Waals surface area contributed by atoms with Crippen molar-refractivity contribution in [1.29, 1.82) is 0 Å². The Labute approximate surface area is 141 Å². The lowest BCUT2D eigenvalue weighted by Crippen LogP contribution is -2.43. The maximum atomic E-state index is 12.7. The Morgan fingerprint density at radius 1 is 1.42 bits per heavy atom. The second-order valence-electron chi connectivity index (χ2n) is 6.80. The lowest BCUT2D eigenvalue weighted by molar-refractivity contribution is -0.149. The van der Waals surface area contributed by atoms with Crippen LogP contribution in [0.25, 0.3) is 0 Å². The smallest absolute Gasteiger partial charge is 0.318 e. The quantitative estimate of drug-likeness (QED) is 0.867. The molecule has 24 heavy (non-hydrogen) atoms. The Kier molecular flexibility index (Phi) is 4.76. The van der Waals surface area contributed by atoms with Gasteiger partial charge in [0.25, 0.3) is 0 Å². The number of carbonyl (C=O) groups excluding carboxylic acids is 1. The van der Waals surface area contributed by atoms with Crippen molar-refractivity contribution >= 4 is 12.0 Å². The van der Waals surface area contributed by atoms with Crippen LogP contribution in [0.3, 0.4) is 0 Å². The molecule has 130 valence electrons. The molecule has 0 bridgehead atoms. The van der Waals surface area contributed by atoms with Gasteiger partial charge >= 0.3 is 12.0 Å². The third-order valence-electron chi connectivity index (χ3n) is 5.42. The fraction of sp³-hybridized carbons (Fsp3) is 0.556. The number of fused-ring (bicyclic) bond motifs is 1. The van der Waals surface area contributed by atoms with Gasteiger partial charge in [0.1, 0.15) is 0 Å². The first kappa shape index (κ1) is 16.8. The molecule has 2 N–H and O–H groups in total. The third-order valence-corrected chi connectivity index (χ3v) is 5.42. The van der Waals surface area contributed by atoms with Crippen LogP contribution >= 0.6 is 0 Å². The highest BCUT2D eigenvalue weighted by atomic mass is 16.5. The summed E-state index contributed by atoms with van der Waals surface area (Å²) in [5.41, 5.74) is 0.223. The molecule has 2 aliphatic rings. The highest BCUT2D eigenvalue weighted by Gasteiger charge is 2.55. The van der Waals surface area contributed by atoms with Gasteiger partial charge in [-0.3, -0.25) is 4.79 Å². The summed E-state index contributed by atoms with van der Waals surface area (Å²) in [4.78, 5) is 26.1. The molecule has 6 nitrogen and oxygen atoms in total. The van der Waals surface area contributed by atoms with Crippen LogP contribution in [0.2, 0.25) is 0 Å². The highest BCUT2D eigenvalue weighted by molar-refractivity contribution is 5.80. The SMILES string of the molecule is COCC(NC(=O)N1C[C@@H]2CCC[C@@]2(C(=O)O)C1)c1ccccc1. The molecular formula is C18H24N2O4. The zero-order valence-electron chi connectivity index (χ0n) is 13.9. The van der Waals surface area contributed by atoms with E-state index in [4.69, 9.17) is 4.74 Å². The van der Waals surface area contributed by atoms with Crippen LogP contribution in [0.4, 0.5) is 4.79 Å². The summed E-state index contributed by atoms with van der Waals surface area (Å²) < 4.78 is 5.23. The Balaban J connectivity index is 1.69. The maximum absolute atomic E-state index is 12.7. The normalized spacial score (nSPS) is 26.9. The largest absolute Gasteiger partial charge is 0.481 e. The van der Waals surface area contributed by atoms with E-state index in [2.05, 4.69) is 5.32 Å². The molecule has 0 aromatic heterocycles. The van der Waals surface area contributed by atoms with E-state index in [1.54, 1.807) is 12.0 Å². The van der Waals surface area contributed by atoms with Crippen LogP contribution in [0, 0.1) is 11.3 Å². The molecule has 1 unspecified atom stereocenters. The average molecular weight is 332 g/mol. The van der Waals surface area contributed by atoms with E-state index < -0.39 is 11.4 Å². The number of rotatable bonds is 5. The van der Waals surface area contributed by atoms with E-state index in [9.17, 15) is 14.7 Å². The number of ether oxygens (including phenoxy) is 1. The van der Waals surface area contributed by atoms with Crippen molar-refractivity contribution in [1.82, 2.24) is 10.2 Å². The molecule has 1 aromatic rings. The van der Waals surface area contributed by atoms with Crippen LogP contribution in [0.15, 0.2) is 30.3 Å². The molecule has 3 rings (SSSR count). The number of urea groups is 1. The summed E-state index contributed by atoms with van der Waals surface area (Å²) in [5, 5.41) is 12.6. The van der Waals surface area contributed by atoms with E-state index in [1.807, 2.05) is 30.3 Å². The number of amides is 2. The van der Waals surface area contributed by atoms with E-state index in [1.165, 1.54) is 0 Å². The summed E-state index contributed by atoms with van der Waals surface area (Å²) in [6.07, 6.45) is 2.48. The number of carbonyl (C=O) groups is 2. The minimum atomic E-state index is -0.767. The predicted octanol–water partition coefficient (Wildman–Crippen LogP) is 2.27. The molecule has 3 atom stereocenters. The van der Waals surface area contributed by atoms with E-state index >= 15 is 0 Å². The van der Waals surface area contributed by atoms with Crippen molar-refractivity contribution in [2.45, 2.75) is 25.3 Å². The molecular weight excluding hydrogens is 308 g/mol. The topological polar surface area (TPSA) is 78.9 Å². The van der Waals surface area contributed by atoms with Gasteiger partial charge in [-0.25, -0.2) is 4.79 Å². The summed E-state index contributed by atoms with van der Waals surface area (Å²) >= 11 is 0. The number of benzene rings is 1. The van der Waals surface area contributed by atoms with E-state index in [0.29, 0.717) is 26.1 Å². The monoisotopic (exact) mass is 332 g/mol. The van der Waals surface area contributed by atoms with Crippen molar-refractivity contribution in [3.63, 3.8) is 0 Å². The molecule has 0 spiro atoms. The first-order chi connectivity index (χ1) is 11.6. The first-order valence-corrected chi connectivity index (χ1v) is 8.39. The van der Waals surface area contributed by atoms with Crippen molar-refractivity contribution in [3.8, 4) is 0 Å². The Morgan fingerprint density at radius 3 is 2.79 bits per heavy atom. The molecule has 1 saturated heterocycles. The lowest BCUT2D eigenvalue weighted by Gasteiger charge is -2.25. The molecule has 2 amide bonds. The third kappa shape index (κ3) is 2.98. The predicted molar refractivity (Wildman–Crippen MR) is 88.6 cm³/mol. The summed E-state index contributed by atoms with van der Waals surface area (Å²) in [6.45, 7) is 1.19. The van der Waals surface area contributed by atoms with Crippen LogP contribution in [-0.2, 0) is 9.53 Å². The summed E-state index contributed by atoms with van der Waals surface area (Å²) in [6, 6.07) is 9.20. The molecule has 1 aliphatic carbocycles. The number of hydrogen-bond acceptors (Lipinski definition) is 3. The number of aliphatic carboxylic acids is 1. The number of hydrogen-bond donors (Lipinski definition) is 2. The van der Waals surface area contributed by atoms with Gasteiger partial charge in [0.15, 0.2) is 0 Å². The fourth-order valence-corrected chi connectivity index (χ4v) is 4.11. The van der Waals surface area contributed by atoms with Gasteiger partial charge in [0.05, 0.1) is 18.1 Å². The summed E-state index contributed by atoms with van der Waals surface area (Å²) in [5.74, 6) is -0.699. The van der Waals surface area contributed by atoms with Gasteiger partial charge in [-0.05, 0) is 24.3 Å². The van der Waals surface area contributed by atoms with Crippen molar-refractivity contribution in [2.75, 3.05) is 26.8 Å². The van der Waals surface area contributed by atoms with Gasteiger partial charge in [0.2, 0.25) is 0 Å². The molecule has 1 saturated carbocycles. The van der Waals surface area contributed by atoms with Gasteiger partial charge in [-0.2, -0.15) is 0 Å². The number of carboxylic acid groups (broad SMARTS) is 1. The fourth-order valence-electron chi connectivity index (χ4n) is 4.11. The van der Waals surface area contributed by atoms with E-state index in [-0.39, 0.29) is 18.0 Å². The van der Waals surface area contributed by atoms with Gasteiger partial charge in [-0.1, -0.05) is 36.8 Å². The molecule has 1 heterocycles. The lowest BCUT2D eigenvalue weighted by atomic mass is 9.81. The number of nitrogens with one attached hydrogen (secondary N) is 1. The summed E-state index contributed by atoms with van der Waals surface area (Å²) in [7, 11) is 1.60. The van der Waals surface area contributed by atoms with Crippen molar-refractivity contribution < 1.29 is 19.4 Å². The zero-order chi connectivity index (χ0) is 17.2. The molecule has 1 aliphatic heterocycles. The zero-order valence-corrected chi connectivity index (χ0v) is 13.9. The van der Waals surface area contributed by atoms with Crippen molar-refractivity contribution in [3.05, 3.63) is 35.9 Å². The van der Waals surface area contributed by atoms with Crippen LogP contribution in [0.5, 0.6) is 0 Å². The first-order valence-electron chi connectivity index (χ1n) is 8.39. The number of nitrogens with zero attached hydrogens (tertiary/aromatic N) is 1. The highest BCUT2D eigenvalue weighted by Crippen LogP contribution is 2.48. The maximum Gasteiger partial charge on any atom is 0.318 e. The second-order valence-corrected chi connectivity index (χ2v) is 6.80. The van der Waals surface area contributed by atoms with E-state index in [0.717, 1.165) is 18.4 Å². The molecule has 1 aromatic carbocycles. The Hall–Kier alpha value is -2.08. The number of carboxylic acids is 1. The molecule has 6 heteroatoms. The average Bonchev–Trinajstić information content (AvgIpc) is 3.13. The minimum Gasteiger partial charge on any atom is -0.481 e. The standard InChI is InChI=1S/C18H24N2O4/c1-24-11-15(13-6-3-2-4-7-13)19-17(23)20-10-14-8-5-9-18(14,12-20)16(21)22/h2-4,6-7,14-15H,5,8-12H2,1H3,(H,19,23)(H,21,22)/t14-,15?,18+/m0/s1. The molecule has 2 fully saturated rings. The van der Waals surface area contributed by atoms with Gasteiger partial charge in [-0.15, -0.1) is 0 Å². The van der Waals surface area contributed by atoms with Crippen LogP contribution in [-0.4, -0.2) is 48.8 Å². The van der Waals surface area contributed by atoms with Gasteiger partial charge < -0.3 is 20.1 Å². The van der Waals surface area contributed by atoms with Crippen LogP contribution in [0.1, 0.15) is 30.9 Å². The van der Waals surface area contributed by atoms with Gasteiger partial charge in [0, 0.05) is 20.2 Å².